The number of pyridine rings is 1. The number of benzene rings is 2. The minimum Gasteiger partial charge on any atom is -0.496 e. The summed E-state index contributed by atoms with van der Waals surface area (Å²) in [4.78, 5) is 12.0. The van der Waals surface area contributed by atoms with E-state index in [4.69, 9.17) is 15.2 Å². The van der Waals surface area contributed by atoms with Crippen molar-refractivity contribution in [2.45, 2.75) is 6.54 Å². The van der Waals surface area contributed by atoms with Crippen molar-refractivity contribution < 1.29 is 9.94 Å². The van der Waals surface area contributed by atoms with E-state index in [1.54, 1.807) is 25.4 Å². The number of hydrogen-bond donors (Lipinski definition) is 2. The molecule has 0 unspecified atom stereocenters. The molecule has 0 aliphatic carbocycles. The van der Waals surface area contributed by atoms with Gasteiger partial charge in [0.05, 0.1) is 24.9 Å². The van der Waals surface area contributed by atoms with Crippen molar-refractivity contribution in [3.8, 4) is 22.9 Å². The lowest BCUT2D eigenvalue weighted by atomic mass is 10.0. The Labute approximate surface area is 150 Å². The van der Waals surface area contributed by atoms with Crippen molar-refractivity contribution in [2.75, 3.05) is 12.6 Å². The Morgan fingerprint density at radius 2 is 2.04 bits per heavy atom. The molecule has 0 aliphatic rings. The fraction of sp³-hybridized carbons (Fsp3) is 0.100. The Morgan fingerprint density at radius 3 is 2.77 bits per heavy atom. The number of aromatic nitrogens is 1. The topological polar surface area (TPSA) is 87.3 Å². The molecule has 1 aromatic heterocycles. The van der Waals surface area contributed by atoms with E-state index in [1.807, 2.05) is 36.4 Å². The van der Waals surface area contributed by atoms with E-state index in [1.165, 1.54) is 16.7 Å². The summed E-state index contributed by atoms with van der Waals surface area (Å²) in [6, 6.07) is 17.8. The van der Waals surface area contributed by atoms with Gasteiger partial charge in [-0.25, -0.2) is 0 Å². The molecule has 0 saturated carbocycles. The number of hydrogen-bond acceptors (Lipinski definition) is 5. The maximum absolute atomic E-state index is 12.0. The molecule has 3 aromatic rings. The SMILES string of the molecule is COc1ccc(Cn2cc(C#N)ccc2=O)cc1-c1cccc(NO)c1. The maximum Gasteiger partial charge on any atom is 0.250 e. The van der Waals surface area contributed by atoms with Crippen molar-refractivity contribution in [3.63, 3.8) is 0 Å². The monoisotopic (exact) mass is 347 g/mol. The Bertz CT molecular complexity index is 1030. The van der Waals surface area contributed by atoms with Crippen molar-refractivity contribution in [3.05, 3.63) is 82.3 Å². The molecular formula is C20H17N3O3. The average molecular weight is 347 g/mol. The van der Waals surface area contributed by atoms with Crippen molar-refractivity contribution >= 4 is 5.69 Å². The van der Waals surface area contributed by atoms with Crippen molar-refractivity contribution in [1.82, 2.24) is 4.57 Å². The summed E-state index contributed by atoms with van der Waals surface area (Å²) in [5, 5.41) is 18.1. The Hall–Kier alpha value is -3.56. The third-order valence-electron chi connectivity index (χ3n) is 4.03. The number of nitrogens with zero attached hydrogens (tertiary/aromatic N) is 2. The molecule has 3 rings (SSSR count). The molecule has 0 aliphatic heterocycles. The zero-order chi connectivity index (χ0) is 18.5. The molecule has 6 nitrogen and oxygen atoms in total. The summed E-state index contributed by atoms with van der Waals surface area (Å²) in [7, 11) is 1.59. The molecule has 0 radical (unpaired) electrons. The third kappa shape index (κ3) is 3.58. The van der Waals surface area contributed by atoms with Gasteiger partial charge in [-0.05, 0) is 41.5 Å². The van der Waals surface area contributed by atoms with Crippen LogP contribution in [0.1, 0.15) is 11.1 Å². The molecular weight excluding hydrogens is 330 g/mol. The summed E-state index contributed by atoms with van der Waals surface area (Å²) in [6.07, 6.45) is 1.54. The van der Waals surface area contributed by atoms with Crippen LogP contribution < -0.4 is 15.8 Å². The van der Waals surface area contributed by atoms with Crippen LogP contribution in [-0.2, 0) is 6.54 Å². The average Bonchev–Trinajstić information content (AvgIpc) is 2.69. The fourth-order valence-electron chi connectivity index (χ4n) is 2.75. The number of anilines is 1. The van der Waals surface area contributed by atoms with Crippen LogP contribution in [0.4, 0.5) is 5.69 Å². The van der Waals surface area contributed by atoms with Gasteiger partial charge in [0.25, 0.3) is 5.56 Å². The van der Waals surface area contributed by atoms with Gasteiger partial charge >= 0.3 is 0 Å². The van der Waals surface area contributed by atoms with Gasteiger partial charge in [-0.2, -0.15) is 5.26 Å². The largest absolute Gasteiger partial charge is 0.496 e. The van der Waals surface area contributed by atoms with Crippen LogP contribution in [0.3, 0.4) is 0 Å². The Morgan fingerprint density at radius 1 is 1.19 bits per heavy atom. The van der Waals surface area contributed by atoms with Crippen molar-refractivity contribution in [2.24, 2.45) is 0 Å². The zero-order valence-corrected chi connectivity index (χ0v) is 14.1. The highest BCUT2D eigenvalue weighted by Gasteiger charge is 2.09. The van der Waals surface area contributed by atoms with E-state index in [0.717, 1.165) is 16.7 Å². The van der Waals surface area contributed by atoms with E-state index >= 15 is 0 Å². The minimum atomic E-state index is -0.173. The highest BCUT2D eigenvalue weighted by Crippen LogP contribution is 2.32. The predicted octanol–water partition coefficient (Wildman–Crippen LogP) is 3.24. The fourth-order valence-corrected chi connectivity index (χ4v) is 2.75. The van der Waals surface area contributed by atoms with Gasteiger partial charge in [0.15, 0.2) is 0 Å². The predicted molar refractivity (Wildman–Crippen MR) is 98.4 cm³/mol. The third-order valence-corrected chi connectivity index (χ3v) is 4.03. The molecule has 6 heteroatoms. The highest BCUT2D eigenvalue weighted by molar-refractivity contribution is 5.74. The summed E-state index contributed by atoms with van der Waals surface area (Å²) in [5.74, 6) is 0.682. The summed E-state index contributed by atoms with van der Waals surface area (Å²) in [5.41, 5.74) is 5.54. The quantitative estimate of drug-likeness (QED) is 0.692. The molecule has 2 aromatic carbocycles. The molecule has 26 heavy (non-hydrogen) atoms. The smallest absolute Gasteiger partial charge is 0.250 e. The van der Waals surface area contributed by atoms with Gasteiger partial charge in [-0.15, -0.1) is 0 Å². The van der Waals surface area contributed by atoms with Gasteiger partial charge < -0.3 is 9.30 Å². The Kier molecular flexibility index (Phi) is 5.02. The van der Waals surface area contributed by atoms with Gasteiger partial charge in [0, 0.05) is 17.8 Å². The lowest BCUT2D eigenvalue weighted by Gasteiger charge is -2.13. The van der Waals surface area contributed by atoms with Crippen LogP contribution in [0.2, 0.25) is 0 Å². The summed E-state index contributed by atoms with van der Waals surface area (Å²) in [6.45, 7) is 0.337. The number of rotatable bonds is 5. The second kappa shape index (κ2) is 7.55. The zero-order valence-electron chi connectivity index (χ0n) is 14.1. The molecule has 2 N–H and O–H groups in total. The molecule has 0 amide bonds. The Balaban J connectivity index is 2.03. The van der Waals surface area contributed by atoms with E-state index in [2.05, 4.69) is 5.48 Å². The van der Waals surface area contributed by atoms with Gasteiger partial charge in [-0.3, -0.25) is 15.5 Å². The molecule has 1 heterocycles. The molecule has 0 fully saturated rings. The van der Waals surface area contributed by atoms with Crippen LogP contribution in [0, 0.1) is 11.3 Å². The van der Waals surface area contributed by atoms with E-state index in [9.17, 15) is 4.79 Å². The van der Waals surface area contributed by atoms with Crippen LogP contribution in [0.5, 0.6) is 5.75 Å². The number of nitrogens with one attached hydrogen (secondary N) is 1. The van der Waals surface area contributed by atoms with E-state index in [-0.39, 0.29) is 5.56 Å². The first-order chi connectivity index (χ1) is 12.6. The maximum atomic E-state index is 12.0. The first-order valence-corrected chi connectivity index (χ1v) is 7.92. The number of methoxy groups -OCH3 is 1. The van der Waals surface area contributed by atoms with Crippen LogP contribution in [-0.4, -0.2) is 16.9 Å². The van der Waals surface area contributed by atoms with Gasteiger partial charge in [-0.1, -0.05) is 18.2 Å². The van der Waals surface area contributed by atoms with E-state index < -0.39 is 0 Å². The lowest BCUT2D eigenvalue weighted by Crippen LogP contribution is -2.19. The van der Waals surface area contributed by atoms with Crippen molar-refractivity contribution in [1.29, 1.82) is 5.26 Å². The molecule has 0 atom stereocenters. The number of nitriles is 1. The minimum absolute atomic E-state index is 0.173. The normalized spacial score (nSPS) is 10.2. The second-order valence-corrected chi connectivity index (χ2v) is 5.72. The molecule has 130 valence electrons. The van der Waals surface area contributed by atoms with Crippen LogP contribution in [0.25, 0.3) is 11.1 Å². The molecule has 0 bridgehead atoms. The van der Waals surface area contributed by atoms with E-state index in [0.29, 0.717) is 23.5 Å². The van der Waals surface area contributed by atoms with Gasteiger partial charge in [0.1, 0.15) is 11.8 Å². The second-order valence-electron chi connectivity index (χ2n) is 5.72. The van der Waals surface area contributed by atoms with Gasteiger partial charge in [0.2, 0.25) is 0 Å². The number of ether oxygens (including phenoxy) is 1. The highest BCUT2D eigenvalue weighted by atomic mass is 16.5. The molecule has 0 saturated heterocycles. The molecule has 0 spiro atoms. The summed E-state index contributed by atoms with van der Waals surface area (Å²) < 4.78 is 6.94. The standard InChI is InChI=1S/C20H17N3O3/c1-26-19-7-5-14(12-23-13-15(11-21)6-8-20(23)24)9-18(19)16-3-2-4-17(10-16)22-25/h2-10,13,22,25H,12H2,1H3. The summed E-state index contributed by atoms with van der Waals surface area (Å²) >= 11 is 0. The lowest BCUT2D eigenvalue weighted by molar-refractivity contribution is 0.389. The first-order valence-electron chi connectivity index (χ1n) is 7.92. The first kappa shape index (κ1) is 17.3. The van der Waals surface area contributed by atoms with Crippen LogP contribution >= 0.6 is 0 Å². The van der Waals surface area contributed by atoms with Crippen LogP contribution in [0.15, 0.2) is 65.6 Å².